The van der Waals surface area contributed by atoms with Crippen LogP contribution in [-0.2, 0) is 6.42 Å². The van der Waals surface area contributed by atoms with E-state index < -0.39 is 0 Å². The number of nitrogens with zero attached hydrogens (tertiary/aromatic N) is 1. The minimum Gasteiger partial charge on any atom is -0.312 e. The summed E-state index contributed by atoms with van der Waals surface area (Å²) in [5, 5.41) is 4.55. The van der Waals surface area contributed by atoms with Crippen molar-refractivity contribution >= 4 is 11.3 Å². The van der Waals surface area contributed by atoms with Gasteiger partial charge in [-0.05, 0) is 33.2 Å². The van der Waals surface area contributed by atoms with Crippen molar-refractivity contribution in [1.82, 2.24) is 10.3 Å². The van der Waals surface area contributed by atoms with Gasteiger partial charge in [0.1, 0.15) is 0 Å². The lowest BCUT2D eigenvalue weighted by Crippen LogP contribution is -2.19. The Balaban J connectivity index is 2.36. The van der Waals surface area contributed by atoms with Crippen LogP contribution in [0.25, 0.3) is 0 Å². The van der Waals surface area contributed by atoms with E-state index in [1.54, 1.807) is 0 Å². The quantitative estimate of drug-likeness (QED) is 0.719. The Kier molecular flexibility index (Phi) is 2.15. The number of fused-ring (bicyclic) bond motifs is 1. The van der Waals surface area contributed by atoms with Crippen molar-refractivity contribution in [1.29, 1.82) is 0 Å². The van der Waals surface area contributed by atoms with E-state index in [2.05, 4.69) is 17.2 Å². The maximum atomic E-state index is 4.53. The first kappa shape index (κ1) is 8.20. The molecule has 0 fully saturated rings. The SMILES string of the molecule is CN[C@H]1CCCc2nc(C)sc21. The fourth-order valence-corrected chi connectivity index (χ4v) is 2.94. The monoisotopic (exact) mass is 182 g/mol. The third-order valence-electron chi connectivity index (χ3n) is 2.41. The van der Waals surface area contributed by atoms with E-state index in [1.165, 1.54) is 34.8 Å². The Hall–Kier alpha value is -0.410. The summed E-state index contributed by atoms with van der Waals surface area (Å²) in [6.07, 6.45) is 3.73. The largest absolute Gasteiger partial charge is 0.312 e. The number of aryl methyl sites for hydroxylation is 2. The van der Waals surface area contributed by atoms with E-state index in [0.29, 0.717) is 6.04 Å². The number of hydrogen-bond donors (Lipinski definition) is 1. The number of thiazole rings is 1. The molecule has 0 aromatic carbocycles. The molecule has 2 nitrogen and oxygen atoms in total. The molecule has 1 aliphatic rings. The highest BCUT2D eigenvalue weighted by atomic mass is 32.1. The first-order valence-corrected chi connectivity index (χ1v) is 5.26. The molecule has 0 amide bonds. The van der Waals surface area contributed by atoms with Crippen molar-refractivity contribution in [2.75, 3.05) is 7.05 Å². The maximum Gasteiger partial charge on any atom is 0.0900 e. The fraction of sp³-hybridized carbons (Fsp3) is 0.667. The molecule has 0 spiro atoms. The zero-order valence-corrected chi connectivity index (χ0v) is 8.37. The molecule has 1 aromatic heterocycles. The molecule has 0 radical (unpaired) electrons. The smallest absolute Gasteiger partial charge is 0.0900 e. The van der Waals surface area contributed by atoms with Gasteiger partial charge in [0.25, 0.3) is 0 Å². The van der Waals surface area contributed by atoms with E-state index in [1.807, 2.05) is 18.4 Å². The van der Waals surface area contributed by atoms with Crippen molar-refractivity contribution < 1.29 is 0 Å². The van der Waals surface area contributed by atoms with Gasteiger partial charge < -0.3 is 5.32 Å². The summed E-state index contributed by atoms with van der Waals surface area (Å²) in [6, 6.07) is 0.569. The molecule has 1 aromatic rings. The topological polar surface area (TPSA) is 24.9 Å². The molecular weight excluding hydrogens is 168 g/mol. The standard InChI is InChI=1S/C9H14N2S/c1-6-11-8-5-3-4-7(10-2)9(8)12-6/h7,10H,3-5H2,1-2H3/t7-/m0/s1. The molecule has 0 saturated carbocycles. The highest BCUT2D eigenvalue weighted by Crippen LogP contribution is 2.33. The van der Waals surface area contributed by atoms with E-state index >= 15 is 0 Å². The minimum absolute atomic E-state index is 0.569. The summed E-state index contributed by atoms with van der Waals surface area (Å²) < 4.78 is 0. The Morgan fingerprint density at radius 1 is 1.58 bits per heavy atom. The molecule has 1 N–H and O–H groups in total. The molecule has 0 aliphatic heterocycles. The van der Waals surface area contributed by atoms with Gasteiger partial charge >= 0.3 is 0 Å². The molecule has 66 valence electrons. The second-order valence-electron chi connectivity index (χ2n) is 3.28. The van der Waals surface area contributed by atoms with Gasteiger partial charge in [-0.1, -0.05) is 0 Å². The van der Waals surface area contributed by atoms with Crippen molar-refractivity contribution in [3.8, 4) is 0 Å². The maximum absolute atomic E-state index is 4.53. The van der Waals surface area contributed by atoms with Gasteiger partial charge in [0.2, 0.25) is 0 Å². The second kappa shape index (κ2) is 3.15. The van der Waals surface area contributed by atoms with Crippen LogP contribution in [0.3, 0.4) is 0 Å². The van der Waals surface area contributed by atoms with Crippen LogP contribution in [0.2, 0.25) is 0 Å². The van der Waals surface area contributed by atoms with Crippen LogP contribution in [0.5, 0.6) is 0 Å². The van der Waals surface area contributed by atoms with Gasteiger partial charge in [-0.25, -0.2) is 4.98 Å². The number of hydrogen-bond acceptors (Lipinski definition) is 3. The Morgan fingerprint density at radius 2 is 2.42 bits per heavy atom. The van der Waals surface area contributed by atoms with Gasteiger partial charge in [0, 0.05) is 10.9 Å². The number of nitrogens with one attached hydrogen (secondary N) is 1. The zero-order valence-electron chi connectivity index (χ0n) is 7.55. The number of rotatable bonds is 1. The molecule has 12 heavy (non-hydrogen) atoms. The van der Waals surface area contributed by atoms with Crippen LogP contribution < -0.4 is 5.32 Å². The highest BCUT2D eigenvalue weighted by Gasteiger charge is 2.21. The molecule has 1 aliphatic carbocycles. The molecule has 0 bridgehead atoms. The van der Waals surface area contributed by atoms with E-state index in [-0.39, 0.29) is 0 Å². The molecule has 1 heterocycles. The molecular formula is C9H14N2S. The minimum atomic E-state index is 0.569. The number of aromatic nitrogens is 1. The lowest BCUT2D eigenvalue weighted by Gasteiger charge is -2.20. The van der Waals surface area contributed by atoms with E-state index in [9.17, 15) is 0 Å². The van der Waals surface area contributed by atoms with Crippen LogP contribution in [0.1, 0.15) is 34.5 Å². The van der Waals surface area contributed by atoms with E-state index in [0.717, 1.165) is 0 Å². The van der Waals surface area contributed by atoms with Crippen LogP contribution in [0.15, 0.2) is 0 Å². The Bertz CT molecular complexity index is 280. The molecule has 0 unspecified atom stereocenters. The third kappa shape index (κ3) is 1.27. The molecule has 2 rings (SSSR count). The van der Waals surface area contributed by atoms with Crippen LogP contribution >= 0.6 is 11.3 Å². The summed E-state index contributed by atoms with van der Waals surface area (Å²) in [6.45, 7) is 2.09. The lowest BCUT2D eigenvalue weighted by molar-refractivity contribution is 0.501. The predicted molar refractivity (Wildman–Crippen MR) is 51.6 cm³/mol. The van der Waals surface area contributed by atoms with Gasteiger partial charge in [0.05, 0.1) is 10.7 Å². The zero-order chi connectivity index (χ0) is 8.55. The van der Waals surface area contributed by atoms with Crippen molar-refractivity contribution in [3.05, 3.63) is 15.6 Å². The fourth-order valence-electron chi connectivity index (χ4n) is 1.82. The van der Waals surface area contributed by atoms with Crippen LogP contribution in [0, 0.1) is 6.92 Å². The van der Waals surface area contributed by atoms with Gasteiger partial charge in [-0.15, -0.1) is 11.3 Å². The van der Waals surface area contributed by atoms with Gasteiger partial charge in [-0.2, -0.15) is 0 Å². The van der Waals surface area contributed by atoms with Gasteiger partial charge in [-0.3, -0.25) is 0 Å². The van der Waals surface area contributed by atoms with Crippen molar-refractivity contribution in [3.63, 3.8) is 0 Å². The Morgan fingerprint density at radius 3 is 3.17 bits per heavy atom. The average molecular weight is 182 g/mol. The van der Waals surface area contributed by atoms with Crippen molar-refractivity contribution in [2.24, 2.45) is 0 Å². The third-order valence-corrected chi connectivity index (χ3v) is 3.53. The first-order valence-electron chi connectivity index (χ1n) is 4.44. The summed E-state index contributed by atoms with van der Waals surface area (Å²) in [7, 11) is 2.04. The highest BCUT2D eigenvalue weighted by molar-refractivity contribution is 7.11. The summed E-state index contributed by atoms with van der Waals surface area (Å²) in [4.78, 5) is 6.00. The first-order chi connectivity index (χ1) is 5.81. The van der Waals surface area contributed by atoms with Crippen molar-refractivity contribution in [2.45, 2.75) is 32.2 Å². The van der Waals surface area contributed by atoms with E-state index in [4.69, 9.17) is 0 Å². The molecule has 1 atom stereocenters. The van der Waals surface area contributed by atoms with Crippen LogP contribution in [0.4, 0.5) is 0 Å². The summed E-state index contributed by atoms with van der Waals surface area (Å²) >= 11 is 1.85. The lowest BCUT2D eigenvalue weighted by atomic mass is 9.98. The van der Waals surface area contributed by atoms with Crippen LogP contribution in [-0.4, -0.2) is 12.0 Å². The molecule has 0 saturated heterocycles. The Labute approximate surface area is 77.0 Å². The molecule has 3 heteroatoms. The average Bonchev–Trinajstić information content (AvgIpc) is 2.44. The normalized spacial score (nSPS) is 22.3. The van der Waals surface area contributed by atoms with Gasteiger partial charge in [0.15, 0.2) is 0 Å². The second-order valence-corrected chi connectivity index (χ2v) is 4.51. The predicted octanol–water partition coefficient (Wildman–Crippen LogP) is 2.05. The summed E-state index contributed by atoms with van der Waals surface area (Å²) in [5.41, 5.74) is 1.34. The summed E-state index contributed by atoms with van der Waals surface area (Å²) in [5.74, 6) is 0.